The van der Waals surface area contributed by atoms with Gasteiger partial charge in [0.2, 0.25) is 5.91 Å². The van der Waals surface area contributed by atoms with Gasteiger partial charge in [-0.2, -0.15) is 0 Å². The lowest BCUT2D eigenvalue weighted by molar-refractivity contribution is -0.122. The van der Waals surface area contributed by atoms with E-state index in [0.717, 1.165) is 44.7 Å². The van der Waals surface area contributed by atoms with Crippen LogP contribution in [0.25, 0.3) is 0 Å². The first-order valence-electron chi connectivity index (χ1n) is 10.8. The van der Waals surface area contributed by atoms with Crippen LogP contribution in [0.3, 0.4) is 0 Å². The van der Waals surface area contributed by atoms with Crippen LogP contribution in [-0.2, 0) is 11.2 Å². The second kappa shape index (κ2) is 10.1. The van der Waals surface area contributed by atoms with Gasteiger partial charge in [-0.3, -0.25) is 4.79 Å². The molecule has 3 heteroatoms. The Kier molecular flexibility index (Phi) is 7.55. The summed E-state index contributed by atoms with van der Waals surface area (Å²) in [5.41, 5.74) is 2.63. The van der Waals surface area contributed by atoms with Crippen molar-refractivity contribution in [3.8, 4) is 0 Å². The minimum atomic E-state index is 0.239. The molecule has 26 heavy (non-hydrogen) atoms. The van der Waals surface area contributed by atoms with E-state index in [0.29, 0.717) is 12.5 Å². The molecule has 1 N–H and O–H groups in total. The highest BCUT2D eigenvalue weighted by Crippen LogP contribution is 2.25. The number of carbonyl (C=O) groups is 1. The molecule has 0 radical (unpaired) electrons. The molecule has 0 unspecified atom stereocenters. The fraction of sp³-hybridized carbons (Fsp3) is 0.696. The van der Waals surface area contributed by atoms with E-state index in [4.69, 9.17) is 0 Å². The zero-order valence-corrected chi connectivity index (χ0v) is 16.5. The highest BCUT2D eigenvalue weighted by Gasteiger charge is 2.23. The van der Waals surface area contributed by atoms with Crippen LogP contribution in [0, 0.1) is 12.8 Å². The summed E-state index contributed by atoms with van der Waals surface area (Å²) in [6, 6.07) is 9.04. The van der Waals surface area contributed by atoms with E-state index in [9.17, 15) is 4.79 Å². The average Bonchev–Trinajstić information content (AvgIpc) is 2.66. The molecule has 1 saturated carbocycles. The van der Waals surface area contributed by atoms with Gasteiger partial charge in [-0.05, 0) is 56.9 Å². The smallest absolute Gasteiger partial charge is 0.220 e. The maximum atomic E-state index is 12.2. The molecule has 1 aromatic rings. The topological polar surface area (TPSA) is 32.3 Å². The molecule has 2 fully saturated rings. The summed E-state index contributed by atoms with van der Waals surface area (Å²) >= 11 is 0. The number of benzene rings is 1. The molecule has 3 nitrogen and oxygen atoms in total. The van der Waals surface area contributed by atoms with Crippen LogP contribution in [-0.4, -0.2) is 36.5 Å². The molecule has 0 aromatic heterocycles. The Labute approximate surface area is 159 Å². The van der Waals surface area contributed by atoms with Crippen LogP contribution in [0.1, 0.15) is 68.9 Å². The zero-order valence-electron chi connectivity index (χ0n) is 16.5. The molecule has 0 bridgehead atoms. The van der Waals surface area contributed by atoms with Crippen molar-refractivity contribution < 1.29 is 4.79 Å². The molecule has 1 aliphatic heterocycles. The summed E-state index contributed by atoms with van der Waals surface area (Å²) in [6.07, 6.45) is 12.0. The maximum Gasteiger partial charge on any atom is 0.220 e. The van der Waals surface area contributed by atoms with Gasteiger partial charge in [0.1, 0.15) is 0 Å². The van der Waals surface area contributed by atoms with E-state index >= 15 is 0 Å². The lowest BCUT2D eigenvalue weighted by Crippen LogP contribution is -2.45. The van der Waals surface area contributed by atoms with Crippen molar-refractivity contribution >= 4 is 5.91 Å². The quantitative estimate of drug-likeness (QED) is 0.781. The van der Waals surface area contributed by atoms with Gasteiger partial charge in [0.15, 0.2) is 0 Å². The second-order valence-corrected chi connectivity index (χ2v) is 8.49. The Morgan fingerprint density at radius 2 is 1.73 bits per heavy atom. The summed E-state index contributed by atoms with van der Waals surface area (Å²) < 4.78 is 0. The monoisotopic (exact) mass is 356 g/mol. The van der Waals surface area contributed by atoms with E-state index in [-0.39, 0.29) is 5.91 Å². The Balaban J connectivity index is 1.28. The third kappa shape index (κ3) is 6.42. The molecule has 1 saturated heterocycles. The van der Waals surface area contributed by atoms with Crippen LogP contribution in [0.15, 0.2) is 24.3 Å². The van der Waals surface area contributed by atoms with Crippen LogP contribution < -0.4 is 5.32 Å². The van der Waals surface area contributed by atoms with Gasteiger partial charge in [-0.15, -0.1) is 0 Å². The molecular formula is C23H36N2O. The van der Waals surface area contributed by atoms with Crippen molar-refractivity contribution in [1.82, 2.24) is 10.2 Å². The standard InChI is InChI=1S/C23H36N2O/c1-19-10-12-20(13-11-19)8-5-9-23(26)24-22-14-16-25(17-15-22)18-21-6-3-2-4-7-21/h10-13,21-22H,2-9,14-18H2,1H3,(H,24,26). The molecule has 0 spiro atoms. The predicted molar refractivity (Wildman–Crippen MR) is 108 cm³/mol. The molecule has 3 rings (SSSR count). The van der Waals surface area contributed by atoms with Gasteiger partial charge in [-0.1, -0.05) is 49.1 Å². The van der Waals surface area contributed by atoms with Crippen molar-refractivity contribution in [2.24, 2.45) is 5.92 Å². The normalized spacial score (nSPS) is 20.2. The summed E-state index contributed by atoms with van der Waals surface area (Å²) in [4.78, 5) is 14.9. The number of carbonyl (C=O) groups excluding carboxylic acids is 1. The van der Waals surface area contributed by atoms with E-state index in [2.05, 4.69) is 41.4 Å². The van der Waals surface area contributed by atoms with Gasteiger partial charge in [0.25, 0.3) is 0 Å². The Bertz CT molecular complexity index is 540. The molecule has 0 atom stereocenters. The molecule has 1 amide bonds. The summed E-state index contributed by atoms with van der Waals surface area (Å²) in [6.45, 7) is 5.71. The molecular weight excluding hydrogens is 320 g/mol. The highest BCUT2D eigenvalue weighted by atomic mass is 16.1. The van der Waals surface area contributed by atoms with Crippen LogP contribution in [0.2, 0.25) is 0 Å². The van der Waals surface area contributed by atoms with Gasteiger partial charge >= 0.3 is 0 Å². The van der Waals surface area contributed by atoms with Gasteiger partial charge in [0, 0.05) is 32.1 Å². The number of likely N-dealkylation sites (tertiary alicyclic amines) is 1. The molecule has 1 aromatic carbocycles. The summed E-state index contributed by atoms with van der Waals surface area (Å²) in [7, 11) is 0. The molecule has 2 aliphatic rings. The van der Waals surface area contributed by atoms with Crippen LogP contribution in [0.4, 0.5) is 0 Å². The van der Waals surface area contributed by atoms with Crippen molar-refractivity contribution in [3.05, 3.63) is 35.4 Å². The SMILES string of the molecule is Cc1ccc(CCCC(=O)NC2CCN(CC3CCCCC3)CC2)cc1. The van der Waals surface area contributed by atoms with E-state index < -0.39 is 0 Å². The van der Waals surface area contributed by atoms with Gasteiger partial charge in [-0.25, -0.2) is 0 Å². The lowest BCUT2D eigenvalue weighted by atomic mass is 9.88. The summed E-state index contributed by atoms with van der Waals surface area (Å²) in [5.74, 6) is 1.17. The van der Waals surface area contributed by atoms with E-state index in [1.165, 1.54) is 49.8 Å². The minimum absolute atomic E-state index is 0.239. The van der Waals surface area contributed by atoms with Crippen molar-refractivity contribution in [2.45, 2.75) is 77.2 Å². The van der Waals surface area contributed by atoms with Crippen molar-refractivity contribution in [1.29, 1.82) is 0 Å². The number of nitrogens with one attached hydrogen (secondary N) is 1. The average molecular weight is 357 g/mol. The lowest BCUT2D eigenvalue weighted by Gasteiger charge is -2.35. The van der Waals surface area contributed by atoms with Crippen LogP contribution in [0.5, 0.6) is 0 Å². The second-order valence-electron chi connectivity index (χ2n) is 8.49. The third-order valence-electron chi connectivity index (χ3n) is 6.18. The fourth-order valence-electron chi connectivity index (χ4n) is 4.50. The summed E-state index contributed by atoms with van der Waals surface area (Å²) in [5, 5.41) is 3.27. The number of rotatable bonds is 7. The predicted octanol–water partition coefficient (Wildman–Crippen LogP) is 4.48. The number of hydrogen-bond donors (Lipinski definition) is 1. The molecule has 1 aliphatic carbocycles. The molecule has 1 heterocycles. The highest BCUT2D eigenvalue weighted by molar-refractivity contribution is 5.76. The Morgan fingerprint density at radius 1 is 1.04 bits per heavy atom. The zero-order chi connectivity index (χ0) is 18.2. The van der Waals surface area contributed by atoms with E-state index in [1.54, 1.807) is 0 Å². The Hall–Kier alpha value is -1.35. The van der Waals surface area contributed by atoms with Crippen LogP contribution >= 0.6 is 0 Å². The third-order valence-corrected chi connectivity index (χ3v) is 6.18. The fourth-order valence-corrected chi connectivity index (χ4v) is 4.50. The van der Waals surface area contributed by atoms with Crippen molar-refractivity contribution in [2.75, 3.05) is 19.6 Å². The number of nitrogens with zero attached hydrogens (tertiary/aromatic N) is 1. The largest absolute Gasteiger partial charge is 0.353 e. The van der Waals surface area contributed by atoms with E-state index in [1.807, 2.05) is 0 Å². The first-order valence-corrected chi connectivity index (χ1v) is 10.8. The maximum absolute atomic E-state index is 12.2. The number of piperidine rings is 1. The first kappa shape index (κ1) is 19.4. The van der Waals surface area contributed by atoms with Gasteiger partial charge < -0.3 is 10.2 Å². The number of amides is 1. The number of hydrogen-bond acceptors (Lipinski definition) is 2. The molecule has 144 valence electrons. The Morgan fingerprint density at radius 3 is 2.42 bits per heavy atom. The minimum Gasteiger partial charge on any atom is -0.353 e. The number of aryl methyl sites for hydroxylation is 2. The first-order chi connectivity index (χ1) is 12.7. The van der Waals surface area contributed by atoms with Gasteiger partial charge in [0.05, 0.1) is 0 Å². The van der Waals surface area contributed by atoms with Crippen molar-refractivity contribution in [3.63, 3.8) is 0 Å².